The average molecular weight is 462 g/mol. The van der Waals surface area contributed by atoms with E-state index in [-0.39, 0.29) is 57.4 Å². The summed E-state index contributed by atoms with van der Waals surface area (Å²) in [6.45, 7) is 0.0365. The third-order valence-corrected chi connectivity index (χ3v) is 4.42. The van der Waals surface area contributed by atoms with Gasteiger partial charge in [-0.15, -0.1) is 0 Å². The van der Waals surface area contributed by atoms with E-state index in [1.165, 1.54) is 23.9 Å². The summed E-state index contributed by atoms with van der Waals surface area (Å²) >= 11 is 0. The predicted molar refractivity (Wildman–Crippen MR) is 116 cm³/mol. The molecule has 0 aliphatic carbocycles. The van der Waals surface area contributed by atoms with Crippen LogP contribution in [0.1, 0.15) is 5.56 Å². The van der Waals surface area contributed by atoms with Crippen LogP contribution in [0.4, 0.5) is 30.9 Å². The quantitative estimate of drug-likeness (QED) is 0.396. The smallest absolute Gasteiger partial charge is 0.411 e. The first-order valence-electron chi connectivity index (χ1n) is 8.91. The molecule has 4 rings (SSSR count). The van der Waals surface area contributed by atoms with Crippen molar-refractivity contribution < 1.29 is 29.3 Å². The fourth-order valence-corrected chi connectivity index (χ4v) is 2.98. The van der Waals surface area contributed by atoms with E-state index in [0.717, 1.165) is 6.20 Å². The van der Waals surface area contributed by atoms with Crippen LogP contribution in [-0.2, 0) is 11.3 Å². The van der Waals surface area contributed by atoms with Crippen LogP contribution in [0.3, 0.4) is 0 Å². The minimum atomic E-state index is -0.805. The molecule has 0 bridgehead atoms. The number of amides is 1. The predicted octanol–water partition coefficient (Wildman–Crippen LogP) is 0.908. The van der Waals surface area contributed by atoms with Gasteiger partial charge in [0, 0.05) is 5.56 Å². The zero-order valence-electron chi connectivity index (χ0n) is 17.1. The second-order valence-electron chi connectivity index (χ2n) is 6.43. The highest BCUT2D eigenvalue weighted by Crippen LogP contribution is 2.30. The molecule has 0 aliphatic heterocycles. The van der Waals surface area contributed by atoms with Crippen molar-refractivity contribution in [3.05, 3.63) is 53.7 Å². The minimum absolute atomic E-state index is 0. The number of aromatic nitrogens is 5. The molecule has 174 valence electrons. The second kappa shape index (κ2) is 9.80. The van der Waals surface area contributed by atoms with E-state index in [9.17, 15) is 13.6 Å². The van der Waals surface area contributed by atoms with E-state index in [4.69, 9.17) is 11.5 Å². The SMILES string of the molecule is COC(=O)Nc1c(N)nc(-c2nn(Cc3ccccc3F)c3ncc(F)cc23)nc1N.O.O. The highest BCUT2D eigenvalue weighted by Gasteiger charge is 2.21. The fraction of sp³-hybridized carbons (Fsp3) is 0.105. The Morgan fingerprint density at radius 3 is 2.45 bits per heavy atom. The number of hydrogen-bond acceptors (Lipinski definition) is 8. The van der Waals surface area contributed by atoms with Crippen LogP contribution < -0.4 is 16.8 Å². The molecule has 1 aromatic carbocycles. The Kier molecular flexibility index (Phi) is 7.37. The molecule has 0 saturated carbocycles. The fourth-order valence-electron chi connectivity index (χ4n) is 2.98. The number of benzene rings is 1. The molecule has 4 aromatic rings. The summed E-state index contributed by atoms with van der Waals surface area (Å²) in [5.74, 6) is -1.33. The Balaban J connectivity index is 0.00000193. The van der Waals surface area contributed by atoms with Crippen molar-refractivity contribution in [1.82, 2.24) is 24.7 Å². The largest absolute Gasteiger partial charge is 0.453 e. The molecule has 0 atom stereocenters. The lowest BCUT2D eigenvalue weighted by molar-refractivity contribution is 0.187. The molecule has 0 unspecified atom stereocenters. The van der Waals surface area contributed by atoms with Crippen LogP contribution >= 0.6 is 0 Å². The lowest BCUT2D eigenvalue weighted by atomic mass is 10.2. The van der Waals surface area contributed by atoms with Gasteiger partial charge in [0.05, 0.1) is 25.2 Å². The average Bonchev–Trinajstić information content (AvgIpc) is 3.09. The Hall–Kier alpha value is -4.43. The number of nitrogens with zero attached hydrogens (tertiary/aromatic N) is 5. The number of nitrogens with two attached hydrogens (primary N) is 2. The first-order chi connectivity index (χ1) is 14.9. The maximum absolute atomic E-state index is 14.1. The number of nitrogens with one attached hydrogen (secondary N) is 1. The summed E-state index contributed by atoms with van der Waals surface area (Å²) in [6.07, 6.45) is 0.221. The molecule has 33 heavy (non-hydrogen) atoms. The summed E-state index contributed by atoms with van der Waals surface area (Å²) in [5, 5.41) is 7.00. The number of rotatable bonds is 4. The highest BCUT2D eigenvalue weighted by molar-refractivity contribution is 5.94. The normalized spacial score (nSPS) is 10.3. The van der Waals surface area contributed by atoms with Crippen LogP contribution in [0.5, 0.6) is 0 Å². The lowest BCUT2D eigenvalue weighted by Crippen LogP contribution is -2.16. The summed E-state index contributed by atoms with van der Waals surface area (Å²) < 4.78 is 34.0. The zero-order chi connectivity index (χ0) is 22.1. The van der Waals surface area contributed by atoms with Crippen LogP contribution in [-0.4, -0.2) is 48.9 Å². The first-order valence-corrected chi connectivity index (χ1v) is 8.91. The van der Waals surface area contributed by atoms with Gasteiger partial charge in [0.1, 0.15) is 23.0 Å². The highest BCUT2D eigenvalue weighted by atomic mass is 19.1. The molecule has 0 radical (unpaired) electrons. The number of pyridine rings is 1. The van der Waals surface area contributed by atoms with Gasteiger partial charge >= 0.3 is 6.09 Å². The third kappa shape index (κ3) is 4.76. The van der Waals surface area contributed by atoms with Crippen LogP contribution in [0.15, 0.2) is 36.5 Å². The summed E-state index contributed by atoms with van der Waals surface area (Å²) in [7, 11) is 1.17. The zero-order valence-corrected chi connectivity index (χ0v) is 17.1. The molecule has 9 N–H and O–H groups in total. The van der Waals surface area contributed by atoms with Gasteiger partial charge in [-0.2, -0.15) is 5.10 Å². The van der Waals surface area contributed by atoms with E-state index in [0.29, 0.717) is 5.56 Å². The third-order valence-electron chi connectivity index (χ3n) is 4.42. The van der Waals surface area contributed by atoms with E-state index in [1.54, 1.807) is 18.2 Å². The van der Waals surface area contributed by atoms with Gasteiger partial charge in [-0.05, 0) is 12.1 Å². The molecule has 0 saturated heterocycles. The number of ether oxygens (including phenoxy) is 1. The molecular weight excluding hydrogens is 442 g/mol. The van der Waals surface area contributed by atoms with Gasteiger partial charge in [0.2, 0.25) is 0 Å². The van der Waals surface area contributed by atoms with Gasteiger partial charge in [0.15, 0.2) is 23.1 Å². The Labute approximate surface area is 184 Å². The second-order valence-corrected chi connectivity index (χ2v) is 6.43. The number of carbonyl (C=O) groups is 1. The van der Waals surface area contributed by atoms with Crippen molar-refractivity contribution in [3.8, 4) is 11.5 Å². The summed E-state index contributed by atoms with van der Waals surface area (Å²) in [4.78, 5) is 23.8. The number of fused-ring (bicyclic) bond motifs is 1. The van der Waals surface area contributed by atoms with Crippen molar-refractivity contribution in [2.45, 2.75) is 6.54 Å². The number of nitrogen functional groups attached to an aromatic ring is 2. The molecule has 14 heteroatoms. The van der Waals surface area contributed by atoms with Crippen LogP contribution in [0.2, 0.25) is 0 Å². The maximum Gasteiger partial charge on any atom is 0.411 e. The Morgan fingerprint density at radius 2 is 1.82 bits per heavy atom. The summed E-state index contributed by atoms with van der Waals surface area (Å²) in [5.41, 5.74) is 12.6. The molecule has 3 aromatic heterocycles. The minimum Gasteiger partial charge on any atom is -0.453 e. The van der Waals surface area contributed by atoms with Gasteiger partial charge < -0.3 is 27.2 Å². The van der Waals surface area contributed by atoms with E-state index in [1.807, 2.05) is 0 Å². The molecule has 12 nitrogen and oxygen atoms in total. The van der Waals surface area contributed by atoms with Gasteiger partial charge in [-0.25, -0.2) is 33.2 Å². The van der Waals surface area contributed by atoms with Crippen molar-refractivity contribution in [2.24, 2.45) is 0 Å². The molecule has 0 fully saturated rings. The number of anilines is 3. The van der Waals surface area contributed by atoms with Crippen LogP contribution in [0, 0.1) is 11.6 Å². The van der Waals surface area contributed by atoms with Crippen LogP contribution in [0.25, 0.3) is 22.6 Å². The standard InChI is InChI=1S/C19H16F2N8O2.2H2O/c1-31-19(30)25-14-15(22)26-17(27-16(14)23)13-11-6-10(20)7-24-18(11)29(28-13)8-9-4-2-3-5-12(9)21;;/h2-7H,8H2,1H3,(H,25,30)(H4,22,23,26,27);2*1H2. The molecular formula is C19H20F2N8O4. The molecule has 1 amide bonds. The van der Waals surface area contributed by atoms with Crippen molar-refractivity contribution in [2.75, 3.05) is 23.9 Å². The molecule has 3 heterocycles. The Morgan fingerprint density at radius 1 is 1.15 bits per heavy atom. The first kappa shape index (κ1) is 24.8. The van der Waals surface area contributed by atoms with Crippen molar-refractivity contribution in [1.29, 1.82) is 0 Å². The number of methoxy groups -OCH3 is 1. The Bertz CT molecular complexity index is 1290. The molecule has 0 aliphatic rings. The van der Waals surface area contributed by atoms with Crippen molar-refractivity contribution in [3.63, 3.8) is 0 Å². The number of hydrogen-bond donors (Lipinski definition) is 3. The van der Waals surface area contributed by atoms with Gasteiger partial charge in [-0.1, -0.05) is 18.2 Å². The number of halogens is 2. The van der Waals surface area contributed by atoms with E-state index < -0.39 is 17.7 Å². The molecule has 0 spiro atoms. The maximum atomic E-state index is 14.1. The monoisotopic (exact) mass is 462 g/mol. The summed E-state index contributed by atoms with van der Waals surface area (Å²) in [6, 6.07) is 7.40. The van der Waals surface area contributed by atoms with Crippen molar-refractivity contribution >= 4 is 34.4 Å². The topological polar surface area (TPSA) is 210 Å². The van der Waals surface area contributed by atoms with Gasteiger partial charge in [0.25, 0.3) is 0 Å². The van der Waals surface area contributed by atoms with E-state index in [2.05, 4.69) is 30.1 Å². The van der Waals surface area contributed by atoms with Gasteiger partial charge in [-0.3, -0.25) is 5.32 Å². The lowest BCUT2D eigenvalue weighted by Gasteiger charge is -2.10. The van der Waals surface area contributed by atoms with E-state index >= 15 is 0 Å². The number of carbonyl (C=O) groups excluding carboxylic acids is 1.